The first-order valence-electron chi connectivity index (χ1n) is 10.5. The van der Waals surface area contributed by atoms with Gasteiger partial charge in [0.25, 0.3) is 0 Å². The number of rotatable bonds is 10. The summed E-state index contributed by atoms with van der Waals surface area (Å²) < 4.78 is 21.0. The Morgan fingerprint density at radius 2 is 1.42 bits per heavy atom. The van der Waals surface area contributed by atoms with Gasteiger partial charge in [0.15, 0.2) is 6.10 Å². The number of para-hydroxylation sites is 1. The molecule has 0 amide bonds. The fraction of sp³-hybridized carbons (Fsp3) is 0.269. The molecule has 7 nitrogen and oxygen atoms in total. The lowest BCUT2D eigenvalue weighted by Crippen LogP contribution is -2.12. The summed E-state index contributed by atoms with van der Waals surface area (Å²) in [6, 6.07) is 12.6. The Morgan fingerprint density at radius 3 is 1.91 bits per heavy atom. The third-order valence-corrected chi connectivity index (χ3v) is 4.40. The molecular formula is C26H28O7. The molecule has 2 aromatic carbocycles. The Morgan fingerprint density at radius 1 is 0.879 bits per heavy atom. The van der Waals surface area contributed by atoms with E-state index in [4.69, 9.17) is 18.9 Å². The highest BCUT2D eigenvalue weighted by molar-refractivity contribution is 5.88. The van der Waals surface area contributed by atoms with Crippen LogP contribution in [-0.4, -0.2) is 38.2 Å². The molecule has 0 radical (unpaired) electrons. The van der Waals surface area contributed by atoms with E-state index in [1.54, 1.807) is 50.3 Å². The van der Waals surface area contributed by atoms with E-state index in [-0.39, 0.29) is 13.2 Å². The minimum atomic E-state index is -0.774. The van der Waals surface area contributed by atoms with Gasteiger partial charge in [-0.2, -0.15) is 0 Å². The van der Waals surface area contributed by atoms with Crippen LogP contribution in [0.15, 0.2) is 54.6 Å². The SMILES string of the molecule is CCOC(=O)C=Cc1cc(C=CC(=O)OCC)cc(C(OC(C)=O)c2ccccc2OC)c1. The van der Waals surface area contributed by atoms with E-state index < -0.39 is 24.0 Å². The molecule has 0 aliphatic carbocycles. The highest BCUT2D eigenvalue weighted by Crippen LogP contribution is 2.34. The lowest BCUT2D eigenvalue weighted by atomic mass is 9.96. The maximum Gasteiger partial charge on any atom is 0.330 e. The molecule has 0 saturated heterocycles. The van der Waals surface area contributed by atoms with Crippen molar-refractivity contribution in [3.05, 3.63) is 76.9 Å². The normalized spacial score (nSPS) is 11.9. The number of esters is 3. The Kier molecular flexibility index (Phi) is 9.89. The second-order valence-corrected chi connectivity index (χ2v) is 6.84. The predicted molar refractivity (Wildman–Crippen MR) is 124 cm³/mol. The van der Waals surface area contributed by atoms with Crippen LogP contribution in [0.5, 0.6) is 5.75 Å². The molecule has 0 saturated carbocycles. The summed E-state index contributed by atoms with van der Waals surface area (Å²) in [6.07, 6.45) is 5.04. The first-order chi connectivity index (χ1) is 15.9. The van der Waals surface area contributed by atoms with Gasteiger partial charge in [-0.1, -0.05) is 18.2 Å². The molecule has 33 heavy (non-hydrogen) atoms. The van der Waals surface area contributed by atoms with E-state index >= 15 is 0 Å². The van der Waals surface area contributed by atoms with E-state index in [1.165, 1.54) is 26.2 Å². The van der Waals surface area contributed by atoms with Gasteiger partial charge >= 0.3 is 17.9 Å². The largest absolute Gasteiger partial charge is 0.496 e. The molecule has 0 aliphatic rings. The second kappa shape index (κ2) is 12.9. The summed E-state index contributed by atoms with van der Waals surface area (Å²) in [5.41, 5.74) is 2.58. The van der Waals surface area contributed by atoms with Crippen LogP contribution in [0.25, 0.3) is 12.2 Å². The first kappa shape index (κ1) is 25.4. The van der Waals surface area contributed by atoms with Crippen LogP contribution in [0.3, 0.4) is 0 Å². The number of carbonyl (C=O) groups is 3. The van der Waals surface area contributed by atoms with Crippen molar-refractivity contribution >= 4 is 30.1 Å². The summed E-state index contributed by atoms with van der Waals surface area (Å²) >= 11 is 0. The number of benzene rings is 2. The molecule has 2 aromatic rings. The van der Waals surface area contributed by atoms with Gasteiger partial charge in [0.1, 0.15) is 5.75 Å². The number of hydrogen-bond acceptors (Lipinski definition) is 7. The maximum absolute atomic E-state index is 11.9. The Bertz CT molecular complexity index is 990. The van der Waals surface area contributed by atoms with Crippen LogP contribution >= 0.6 is 0 Å². The predicted octanol–water partition coefficient (Wildman–Crippen LogP) is 4.50. The van der Waals surface area contributed by atoms with Gasteiger partial charge in [-0.3, -0.25) is 4.79 Å². The van der Waals surface area contributed by atoms with E-state index in [0.29, 0.717) is 28.0 Å². The molecule has 0 aliphatic heterocycles. The number of carbonyl (C=O) groups excluding carboxylic acids is 3. The zero-order valence-electron chi connectivity index (χ0n) is 19.2. The highest BCUT2D eigenvalue weighted by atomic mass is 16.5. The van der Waals surface area contributed by atoms with Crippen molar-refractivity contribution < 1.29 is 33.3 Å². The third-order valence-electron chi connectivity index (χ3n) is 4.40. The standard InChI is InChI=1S/C26H28O7/c1-5-31-24(28)13-11-19-15-20(12-14-25(29)32-6-2)17-21(16-19)26(33-18(3)27)22-9-7-8-10-23(22)30-4/h7-17,26H,5-6H2,1-4H3. The van der Waals surface area contributed by atoms with Gasteiger partial charge in [0.05, 0.1) is 20.3 Å². The van der Waals surface area contributed by atoms with Crippen LogP contribution in [0.4, 0.5) is 0 Å². The molecule has 174 valence electrons. The summed E-state index contributed by atoms with van der Waals surface area (Å²) in [7, 11) is 1.54. The molecule has 0 heterocycles. The van der Waals surface area contributed by atoms with Crippen LogP contribution in [-0.2, 0) is 28.6 Å². The van der Waals surface area contributed by atoms with Crippen molar-refractivity contribution in [1.29, 1.82) is 0 Å². The smallest absolute Gasteiger partial charge is 0.330 e. The number of methoxy groups -OCH3 is 1. The van der Waals surface area contributed by atoms with Crippen LogP contribution < -0.4 is 4.74 Å². The van der Waals surface area contributed by atoms with Gasteiger partial charge < -0.3 is 18.9 Å². The zero-order chi connectivity index (χ0) is 24.2. The summed E-state index contributed by atoms with van der Waals surface area (Å²) in [4.78, 5) is 35.5. The van der Waals surface area contributed by atoms with Crippen molar-refractivity contribution in [1.82, 2.24) is 0 Å². The van der Waals surface area contributed by atoms with E-state index in [2.05, 4.69) is 0 Å². The summed E-state index contributed by atoms with van der Waals surface area (Å²) in [6.45, 7) is 5.30. The first-order valence-corrected chi connectivity index (χ1v) is 10.5. The molecule has 1 unspecified atom stereocenters. The molecule has 7 heteroatoms. The summed E-state index contributed by atoms with van der Waals surface area (Å²) in [5.74, 6) is -0.873. The van der Waals surface area contributed by atoms with Crippen LogP contribution in [0.1, 0.15) is 49.1 Å². The molecule has 0 bridgehead atoms. The minimum absolute atomic E-state index is 0.263. The molecule has 1 atom stereocenters. The van der Waals surface area contributed by atoms with E-state index in [9.17, 15) is 14.4 Å². The van der Waals surface area contributed by atoms with Gasteiger partial charge in [-0.05, 0) is 67.0 Å². The van der Waals surface area contributed by atoms with Gasteiger partial charge in [0.2, 0.25) is 0 Å². The fourth-order valence-corrected chi connectivity index (χ4v) is 3.12. The topological polar surface area (TPSA) is 88.1 Å². The third kappa shape index (κ3) is 7.96. The minimum Gasteiger partial charge on any atom is -0.496 e. The van der Waals surface area contributed by atoms with Crippen molar-refractivity contribution in [2.24, 2.45) is 0 Å². The molecule has 0 spiro atoms. The average Bonchev–Trinajstić information content (AvgIpc) is 2.80. The van der Waals surface area contributed by atoms with Crippen molar-refractivity contribution in [3.63, 3.8) is 0 Å². The van der Waals surface area contributed by atoms with Crippen molar-refractivity contribution in [2.45, 2.75) is 26.9 Å². The molecular weight excluding hydrogens is 424 g/mol. The van der Waals surface area contributed by atoms with Crippen LogP contribution in [0.2, 0.25) is 0 Å². The zero-order valence-corrected chi connectivity index (χ0v) is 19.2. The van der Waals surface area contributed by atoms with Crippen LogP contribution in [0, 0.1) is 0 Å². The molecule has 0 N–H and O–H groups in total. The maximum atomic E-state index is 11.9. The second-order valence-electron chi connectivity index (χ2n) is 6.84. The molecule has 0 aromatic heterocycles. The van der Waals surface area contributed by atoms with Crippen molar-refractivity contribution in [3.8, 4) is 5.75 Å². The molecule has 2 rings (SSSR count). The Labute approximate surface area is 193 Å². The monoisotopic (exact) mass is 452 g/mol. The number of ether oxygens (including phenoxy) is 4. The quantitative estimate of drug-likeness (QED) is 0.298. The Balaban J connectivity index is 2.59. The van der Waals surface area contributed by atoms with E-state index in [0.717, 1.165) is 0 Å². The lowest BCUT2D eigenvalue weighted by Gasteiger charge is -2.21. The average molecular weight is 453 g/mol. The fourth-order valence-electron chi connectivity index (χ4n) is 3.12. The van der Waals surface area contributed by atoms with Gasteiger partial charge in [-0.15, -0.1) is 0 Å². The Hall–Kier alpha value is -3.87. The summed E-state index contributed by atoms with van der Waals surface area (Å²) in [5, 5.41) is 0. The lowest BCUT2D eigenvalue weighted by molar-refractivity contribution is -0.145. The number of hydrogen-bond donors (Lipinski definition) is 0. The van der Waals surface area contributed by atoms with Gasteiger partial charge in [0, 0.05) is 24.6 Å². The molecule has 0 fully saturated rings. The van der Waals surface area contributed by atoms with Gasteiger partial charge in [-0.25, -0.2) is 9.59 Å². The van der Waals surface area contributed by atoms with Crippen molar-refractivity contribution in [2.75, 3.05) is 20.3 Å². The highest BCUT2D eigenvalue weighted by Gasteiger charge is 2.22. The van der Waals surface area contributed by atoms with E-state index in [1.807, 2.05) is 18.2 Å².